The maximum atomic E-state index is 8.61. The molecule has 0 aliphatic rings. The van der Waals surface area contributed by atoms with Crippen molar-refractivity contribution in [2.24, 2.45) is 16.8 Å². The number of rotatable bonds is 7. The zero-order valence-electron chi connectivity index (χ0n) is 11.8. The van der Waals surface area contributed by atoms with Crippen LogP contribution in [0.4, 0.5) is 0 Å². The van der Waals surface area contributed by atoms with Crippen LogP contribution in [-0.2, 0) is 6.54 Å². The highest BCUT2D eigenvalue weighted by Crippen LogP contribution is 2.26. The monoisotopic (exact) mass is 317 g/mol. The first-order valence-corrected chi connectivity index (χ1v) is 7.31. The minimum absolute atomic E-state index is 0.226. The van der Waals surface area contributed by atoms with Crippen molar-refractivity contribution in [1.29, 1.82) is 0 Å². The van der Waals surface area contributed by atoms with Gasteiger partial charge in [0.1, 0.15) is 5.84 Å². The topological polar surface area (TPSA) is 61.8 Å². The van der Waals surface area contributed by atoms with Gasteiger partial charge in [-0.05, 0) is 18.1 Å². The molecular formula is C14H21Cl2N3O. The largest absolute Gasteiger partial charge is 0.409 e. The smallest absolute Gasteiger partial charge is 0.140 e. The van der Waals surface area contributed by atoms with Gasteiger partial charge in [0.2, 0.25) is 0 Å². The van der Waals surface area contributed by atoms with E-state index in [0.717, 1.165) is 12.1 Å². The Kier molecular flexibility index (Phi) is 7.13. The first-order chi connectivity index (χ1) is 9.43. The molecule has 3 N–H and O–H groups in total. The summed E-state index contributed by atoms with van der Waals surface area (Å²) in [4.78, 5) is 2.20. The van der Waals surface area contributed by atoms with Crippen molar-refractivity contribution in [1.82, 2.24) is 4.90 Å². The highest BCUT2D eigenvalue weighted by molar-refractivity contribution is 6.35. The third kappa shape index (κ3) is 5.57. The summed E-state index contributed by atoms with van der Waals surface area (Å²) in [6, 6.07) is 5.50. The third-order valence-electron chi connectivity index (χ3n) is 2.88. The van der Waals surface area contributed by atoms with Gasteiger partial charge in [0.15, 0.2) is 0 Å². The molecular weight excluding hydrogens is 297 g/mol. The van der Waals surface area contributed by atoms with Gasteiger partial charge >= 0.3 is 0 Å². The highest BCUT2D eigenvalue weighted by atomic mass is 35.5. The van der Waals surface area contributed by atoms with Gasteiger partial charge in [-0.1, -0.05) is 48.3 Å². The fraction of sp³-hybridized carbons (Fsp3) is 0.500. The Hall–Kier alpha value is -0.970. The van der Waals surface area contributed by atoms with Crippen LogP contribution in [0.15, 0.2) is 23.4 Å². The zero-order valence-corrected chi connectivity index (χ0v) is 13.3. The van der Waals surface area contributed by atoms with Crippen molar-refractivity contribution < 1.29 is 5.21 Å². The summed E-state index contributed by atoms with van der Waals surface area (Å²) in [5.74, 6) is 0.729. The molecule has 0 spiro atoms. The Balaban J connectivity index is 2.78. The zero-order chi connectivity index (χ0) is 15.1. The number of hydrogen-bond donors (Lipinski definition) is 2. The van der Waals surface area contributed by atoms with Crippen LogP contribution in [0.5, 0.6) is 0 Å². The minimum Gasteiger partial charge on any atom is -0.409 e. The molecule has 0 aliphatic heterocycles. The standard InChI is InChI=1S/C14H21Cl2N3O/c1-10(2)8-19(7-6-14(17)18-20)9-11-12(15)4-3-5-13(11)16/h3-5,10,20H,6-9H2,1-2H3,(H2,17,18). The van der Waals surface area contributed by atoms with Gasteiger partial charge in [-0.3, -0.25) is 4.90 Å². The Morgan fingerprint density at radius 2 is 1.95 bits per heavy atom. The van der Waals surface area contributed by atoms with Crippen molar-refractivity contribution in [3.63, 3.8) is 0 Å². The van der Waals surface area contributed by atoms with Gasteiger partial charge in [0.05, 0.1) is 0 Å². The molecule has 0 amide bonds. The molecule has 6 heteroatoms. The van der Waals surface area contributed by atoms with E-state index < -0.39 is 0 Å². The second-order valence-electron chi connectivity index (χ2n) is 5.17. The second kappa shape index (κ2) is 8.35. The summed E-state index contributed by atoms with van der Waals surface area (Å²) in [6.45, 7) is 6.51. The lowest BCUT2D eigenvalue weighted by atomic mass is 10.1. The fourth-order valence-electron chi connectivity index (χ4n) is 1.98. The van der Waals surface area contributed by atoms with Crippen LogP contribution in [0, 0.1) is 5.92 Å². The van der Waals surface area contributed by atoms with E-state index in [2.05, 4.69) is 23.9 Å². The van der Waals surface area contributed by atoms with Crippen LogP contribution in [-0.4, -0.2) is 29.0 Å². The summed E-state index contributed by atoms with van der Waals surface area (Å²) in [6.07, 6.45) is 0.505. The molecule has 112 valence electrons. The van der Waals surface area contributed by atoms with E-state index in [4.69, 9.17) is 34.1 Å². The Morgan fingerprint density at radius 1 is 1.35 bits per heavy atom. The van der Waals surface area contributed by atoms with Crippen molar-refractivity contribution in [2.75, 3.05) is 13.1 Å². The lowest BCUT2D eigenvalue weighted by Crippen LogP contribution is -2.31. The molecule has 4 nitrogen and oxygen atoms in total. The molecule has 0 unspecified atom stereocenters. The Morgan fingerprint density at radius 3 is 2.45 bits per heavy atom. The van der Waals surface area contributed by atoms with E-state index >= 15 is 0 Å². The number of halogens is 2. The molecule has 0 bridgehead atoms. The molecule has 0 atom stereocenters. The fourth-order valence-corrected chi connectivity index (χ4v) is 2.50. The molecule has 0 saturated heterocycles. The van der Waals surface area contributed by atoms with Gasteiger partial charge in [0, 0.05) is 41.7 Å². The number of hydrogen-bond acceptors (Lipinski definition) is 3. The maximum Gasteiger partial charge on any atom is 0.140 e. The Bertz CT molecular complexity index is 443. The second-order valence-corrected chi connectivity index (χ2v) is 5.98. The molecule has 0 aliphatic carbocycles. The van der Waals surface area contributed by atoms with Crippen molar-refractivity contribution in [3.8, 4) is 0 Å². The van der Waals surface area contributed by atoms with Gasteiger partial charge in [-0.2, -0.15) is 0 Å². The molecule has 0 fully saturated rings. The van der Waals surface area contributed by atoms with Gasteiger partial charge < -0.3 is 10.9 Å². The van der Waals surface area contributed by atoms with Crippen LogP contribution in [0.3, 0.4) is 0 Å². The lowest BCUT2D eigenvalue weighted by molar-refractivity contribution is 0.241. The van der Waals surface area contributed by atoms with E-state index in [9.17, 15) is 0 Å². The molecule has 1 aromatic rings. The van der Waals surface area contributed by atoms with Crippen LogP contribution in [0.1, 0.15) is 25.8 Å². The molecule has 1 rings (SSSR count). The predicted molar refractivity (Wildman–Crippen MR) is 84.6 cm³/mol. The number of nitrogens with two attached hydrogens (primary N) is 1. The van der Waals surface area contributed by atoms with E-state index in [0.29, 0.717) is 35.5 Å². The van der Waals surface area contributed by atoms with Crippen molar-refractivity contribution in [2.45, 2.75) is 26.8 Å². The van der Waals surface area contributed by atoms with E-state index in [1.165, 1.54) is 0 Å². The van der Waals surface area contributed by atoms with Gasteiger partial charge in [-0.25, -0.2) is 0 Å². The molecule has 0 radical (unpaired) electrons. The summed E-state index contributed by atoms with van der Waals surface area (Å²) in [5, 5.41) is 12.9. The summed E-state index contributed by atoms with van der Waals surface area (Å²) in [5.41, 5.74) is 6.44. The normalized spacial score (nSPS) is 12.4. The number of oxime groups is 1. The molecule has 1 aromatic carbocycles. The van der Waals surface area contributed by atoms with Crippen molar-refractivity contribution in [3.05, 3.63) is 33.8 Å². The Labute approximate surface area is 130 Å². The quantitative estimate of drug-likeness (QED) is 0.349. The number of amidine groups is 1. The average Bonchev–Trinajstić information content (AvgIpc) is 2.39. The first-order valence-electron chi connectivity index (χ1n) is 6.55. The average molecular weight is 318 g/mol. The third-order valence-corrected chi connectivity index (χ3v) is 3.59. The number of benzene rings is 1. The minimum atomic E-state index is 0.226. The van der Waals surface area contributed by atoms with Crippen LogP contribution in [0.25, 0.3) is 0 Å². The molecule has 0 heterocycles. The summed E-state index contributed by atoms with van der Waals surface area (Å²) in [7, 11) is 0. The molecule has 0 saturated carbocycles. The first kappa shape index (κ1) is 17.1. The predicted octanol–water partition coefficient (Wildman–Crippen LogP) is 3.59. The van der Waals surface area contributed by atoms with Gasteiger partial charge in [0.25, 0.3) is 0 Å². The lowest BCUT2D eigenvalue weighted by Gasteiger charge is -2.25. The van der Waals surface area contributed by atoms with Crippen LogP contribution >= 0.6 is 23.2 Å². The van der Waals surface area contributed by atoms with Crippen LogP contribution in [0.2, 0.25) is 10.0 Å². The molecule has 20 heavy (non-hydrogen) atoms. The van der Waals surface area contributed by atoms with E-state index in [1.54, 1.807) is 0 Å². The molecule has 0 aromatic heterocycles. The number of nitrogens with zero attached hydrogens (tertiary/aromatic N) is 2. The summed E-state index contributed by atoms with van der Waals surface area (Å²) >= 11 is 12.4. The van der Waals surface area contributed by atoms with Crippen LogP contribution < -0.4 is 5.73 Å². The van der Waals surface area contributed by atoms with Gasteiger partial charge in [-0.15, -0.1) is 0 Å². The summed E-state index contributed by atoms with van der Waals surface area (Å²) < 4.78 is 0. The highest BCUT2D eigenvalue weighted by Gasteiger charge is 2.13. The van der Waals surface area contributed by atoms with E-state index in [-0.39, 0.29) is 5.84 Å². The van der Waals surface area contributed by atoms with Crippen molar-refractivity contribution >= 4 is 29.0 Å². The van der Waals surface area contributed by atoms with E-state index in [1.807, 2.05) is 18.2 Å². The maximum absolute atomic E-state index is 8.61. The SMILES string of the molecule is CC(C)CN(CCC(N)=NO)Cc1c(Cl)cccc1Cl.